The van der Waals surface area contributed by atoms with Gasteiger partial charge < -0.3 is 5.11 Å². The lowest BCUT2D eigenvalue weighted by atomic mass is 10.2. The van der Waals surface area contributed by atoms with Crippen LogP contribution in [0.25, 0.3) is 0 Å². The third-order valence-electron chi connectivity index (χ3n) is 2.57. The summed E-state index contributed by atoms with van der Waals surface area (Å²) in [4.78, 5) is 35.5. The van der Waals surface area contributed by atoms with E-state index < -0.39 is 28.0 Å². The van der Waals surface area contributed by atoms with Crippen molar-refractivity contribution in [1.82, 2.24) is 20.2 Å². The smallest absolute Gasteiger partial charge is 0.333 e. The van der Waals surface area contributed by atoms with Crippen molar-refractivity contribution in [3.05, 3.63) is 43.5 Å². The first-order chi connectivity index (χ1) is 10.8. The number of rotatable bonds is 4. The number of aromatic hydroxyl groups is 1. The molecule has 0 unspecified atom stereocenters. The van der Waals surface area contributed by atoms with Crippen LogP contribution in [0.5, 0.6) is 5.06 Å². The molecule has 9 nitrogen and oxygen atoms in total. The maximum atomic E-state index is 12.4. The van der Waals surface area contributed by atoms with Gasteiger partial charge in [-0.1, -0.05) is 0 Å². The first-order valence-electron chi connectivity index (χ1n) is 5.94. The zero-order valence-electron chi connectivity index (χ0n) is 11.4. The summed E-state index contributed by atoms with van der Waals surface area (Å²) in [6.07, 6.45) is 0.918. The van der Waals surface area contributed by atoms with Crippen molar-refractivity contribution in [2.24, 2.45) is 5.10 Å². The van der Waals surface area contributed by atoms with Crippen molar-refractivity contribution in [2.75, 3.05) is 0 Å². The van der Waals surface area contributed by atoms with Gasteiger partial charge in [0.05, 0.1) is 5.71 Å². The second-order valence-electron chi connectivity index (χ2n) is 4.12. The largest absolute Gasteiger partial charge is 0.499 e. The lowest BCUT2D eigenvalue weighted by Gasteiger charge is -2.02. The molecule has 2 heterocycles. The summed E-state index contributed by atoms with van der Waals surface area (Å²) in [5.74, 6) is -0.885. The van der Waals surface area contributed by atoms with E-state index in [2.05, 4.69) is 10.2 Å². The first-order valence-corrected chi connectivity index (χ1v) is 6.76. The highest BCUT2D eigenvalue weighted by Gasteiger charge is 2.15. The van der Waals surface area contributed by atoms with Crippen LogP contribution in [0.1, 0.15) is 29.5 Å². The number of H-pyrrole nitrogens is 1. The molecule has 2 aromatic heterocycles. The fraction of sp³-hybridized carbons (Fsp3) is 0.182. The van der Waals surface area contributed by atoms with Gasteiger partial charge >= 0.3 is 11.4 Å². The molecular weight excluding hydrogens is 336 g/mol. The number of amides is 1. The minimum atomic E-state index is -2.88. The van der Waals surface area contributed by atoms with E-state index in [1.165, 1.54) is 6.92 Å². The predicted molar refractivity (Wildman–Crippen MR) is 76.0 cm³/mol. The summed E-state index contributed by atoms with van der Waals surface area (Å²) in [5, 5.41) is 16.0. The van der Waals surface area contributed by atoms with Crippen molar-refractivity contribution in [3.63, 3.8) is 0 Å². The Morgan fingerprint density at radius 3 is 2.78 bits per heavy atom. The van der Waals surface area contributed by atoms with Gasteiger partial charge in [0.2, 0.25) is 0 Å². The number of hydrogen-bond donors (Lipinski definition) is 3. The van der Waals surface area contributed by atoms with Crippen LogP contribution in [0, 0.1) is 0 Å². The van der Waals surface area contributed by atoms with E-state index in [0.29, 0.717) is 11.3 Å². The van der Waals surface area contributed by atoms with Crippen LogP contribution in [0.2, 0.25) is 0 Å². The second kappa shape index (κ2) is 6.48. The van der Waals surface area contributed by atoms with Crippen LogP contribution in [0.3, 0.4) is 0 Å². The van der Waals surface area contributed by atoms with E-state index in [0.717, 1.165) is 12.3 Å². The molecule has 2 aromatic rings. The fourth-order valence-corrected chi connectivity index (χ4v) is 2.21. The molecule has 0 fully saturated rings. The van der Waals surface area contributed by atoms with Crippen LogP contribution >= 0.6 is 11.3 Å². The number of hydrogen-bond acceptors (Lipinski definition) is 7. The minimum absolute atomic E-state index is 0.0818. The molecule has 0 bridgehead atoms. The molecule has 0 saturated heterocycles. The Kier molecular flexibility index (Phi) is 4.64. The molecule has 1 amide bonds. The molecule has 0 aliphatic carbocycles. The summed E-state index contributed by atoms with van der Waals surface area (Å²) < 4.78 is 25.0. The topological polar surface area (TPSA) is 129 Å². The van der Waals surface area contributed by atoms with Crippen molar-refractivity contribution < 1.29 is 18.7 Å². The van der Waals surface area contributed by atoms with Gasteiger partial charge in [-0.05, 0) is 24.3 Å². The number of aromatic nitrogens is 3. The molecule has 0 saturated carbocycles. The number of halogens is 2. The van der Waals surface area contributed by atoms with E-state index in [1.807, 2.05) is 10.4 Å². The zero-order chi connectivity index (χ0) is 17.1. The Bertz CT molecular complexity index is 885. The third kappa shape index (κ3) is 3.66. The van der Waals surface area contributed by atoms with Gasteiger partial charge in [-0.3, -0.25) is 19.4 Å². The van der Waals surface area contributed by atoms with Gasteiger partial charge in [-0.15, -0.1) is 0 Å². The summed E-state index contributed by atoms with van der Waals surface area (Å²) in [6, 6.07) is 1.06. The summed E-state index contributed by atoms with van der Waals surface area (Å²) in [6.45, 7) is -1.58. The number of nitrogens with one attached hydrogen (secondary N) is 2. The van der Waals surface area contributed by atoms with Crippen molar-refractivity contribution in [2.45, 2.75) is 13.5 Å². The number of hydrazone groups is 1. The summed E-state index contributed by atoms with van der Waals surface area (Å²) >= 11 is 0.390. The molecule has 0 aliphatic rings. The quantitative estimate of drug-likeness (QED) is 0.540. The van der Waals surface area contributed by atoms with Crippen LogP contribution in [-0.4, -0.2) is 31.5 Å². The number of carbonyl (C=O) groups is 1. The average Bonchev–Trinajstić information content (AvgIpc) is 2.93. The summed E-state index contributed by atoms with van der Waals surface area (Å²) in [5.41, 5.74) is 0.464. The third-order valence-corrected chi connectivity index (χ3v) is 3.26. The number of nitrogens with zero attached hydrogens (tertiary/aromatic N) is 3. The predicted octanol–water partition coefficient (Wildman–Crippen LogP) is 0.248. The molecule has 23 heavy (non-hydrogen) atoms. The van der Waals surface area contributed by atoms with E-state index in [1.54, 1.807) is 0 Å². The van der Waals surface area contributed by atoms with Gasteiger partial charge in [0.15, 0.2) is 10.8 Å². The van der Waals surface area contributed by atoms with Crippen LogP contribution in [0.15, 0.2) is 27.0 Å². The molecule has 0 spiro atoms. The summed E-state index contributed by atoms with van der Waals surface area (Å²) in [7, 11) is 0. The Labute approximate surface area is 129 Å². The molecule has 12 heteroatoms. The van der Waals surface area contributed by atoms with Crippen LogP contribution in [-0.2, 0) is 0 Å². The van der Waals surface area contributed by atoms with Gasteiger partial charge in [0.25, 0.3) is 11.5 Å². The van der Waals surface area contributed by atoms with Gasteiger partial charge in [-0.25, -0.2) is 10.1 Å². The number of alkyl halides is 2. The lowest BCUT2D eigenvalue weighted by molar-refractivity contribution is 0.0560. The molecule has 0 atom stereocenters. The zero-order valence-corrected chi connectivity index (χ0v) is 12.2. The first kappa shape index (κ1) is 16.5. The molecule has 2 rings (SSSR count). The van der Waals surface area contributed by atoms with Crippen LogP contribution in [0.4, 0.5) is 8.78 Å². The van der Waals surface area contributed by atoms with Gasteiger partial charge in [0.1, 0.15) is 5.56 Å². The number of carbonyl (C=O) groups excluding carboxylic acids is 1. The fourth-order valence-electron chi connectivity index (χ4n) is 1.55. The van der Waals surface area contributed by atoms with E-state index in [4.69, 9.17) is 0 Å². The Hall–Kier alpha value is -2.89. The maximum absolute atomic E-state index is 12.4. The molecular formula is C11H9F2N5O4S. The highest BCUT2D eigenvalue weighted by molar-refractivity contribution is 7.11. The molecule has 122 valence electrons. The lowest BCUT2D eigenvalue weighted by Crippen LogP contribution is -2.25. The monoisotopic (exact) mass is 345 g/mol. The van der Waals surface area contributed by atoms with E-state index >= 15 is 0 Å². The Balaban J connectivity index is 2.20. The average molecular weight is 345 g/mol. The Morgan fingerprint density at radius 1 is 1.52 bits per heavy atom. The minimum Gasteiger partial charge on any atom is -0.499 e. The SMILES string of the molecule is CC(=NNC(=O)c1ccn(C(F)F)n1)c1c(O)sc(=O)[nH]c1=O. The van der Waals surface area contributed by atoms with Crippen molar-refractivity contribution in [1.29, 1.82) is 0 Å². The van der Waals surface area contributed by atoms with Gasteiger partial charge in [0, 0.05) is 6.20 Å². The molecule has 0 radical (unpaired) electrons. The molecule has 0 aromatic carbocycles. The van der Waals surface area contributed by atoms with Gasteiger partial charge in [-0.2, -0.15) is 19.0 Å². The van der Waals surface area contributed by atoms with E-state index in [9.17, 15) is 28.3 Å². The van der Waals surface area contributed by atoms with Crippen molar-refractivity contribution in [3.8, 4) is 5.06 Å². The second-order valence-corrected chi connectivity index (χ2v) is 5.08. The standard InChI is InChI=1S/C11H9F2N5O4S/c1-4(6-8(20)14-11(22)23-9(6)21)15-16-7(19)5-2-3-18(17-5)10(12)13/h2-3,10,21H,1H3,(H,16,19)(H,14,20,22). The Morgan fingerprint density at radius 2 is 2.22 bits per heavy atom. The van der Waals surface area contributed by atoms with Crippen LogP contribution < -0.4 is 15.9 Å². The number of aromatic amines is 1. The normalized spacial score (nSPS) is 11.7. The van der Waals surface area contributed by atoms with Crippen molar-refractivity contribution >= 4 is 23.0 Å². The highest BCUT2D eigenvalue weighted by atomic mass is 32.1. The molecule has 0 aliphatic heterocycles. The highest BCUT2D eigenvalue weighted by Crippen LogP contribution is 2.15. The maximum Gasteiger partial charge on any atom is 0.333 e. The van der Waals surface area contributed by atoms with E-state index in [-0.39, 0.29) is 21.7 Å². The molecule has 3 N–H and O–H groups in total.